The molecule has 1 aromatic carbocycles. The van der Waals surface area contributed by atoms with Crippen molar-refractivity contribution in [2.24, 2.45) is 0 Å². The van der Waals surface area contributed by atoms with Gasteiger partial charge < -0.3 is 9.80 Å². The molecule has 27 heavy (non-hydrogen) atoms. The number of aromatic nitrogens is 2. The van der Waals surface area contributed by atoms with E-state index in [1.54, 1.807) is 12.1 Å². The van der Waals surface area contributed by atoms with Crippen LogP contribution in [0.5, 0.6) is 0 Å². The van der Waals surface area contributed by atoms with Gasteiger partial charge in [0, 0.05) is 44.0 Å². The summed E-state index contributed by atoms with van der Waals surface area (Å²) in [7, 11) is 0. The molecule has 0 radical (unpaired) electrons. The molecule has 5 nitrogen and oxygen atoms in total. The first-order valence-electron chi connectivity index (χ1n) is 9.15. The van der Waals surface area contributed by atoms with Crippen LogP contribution in [0.15, 0.2) is 29.4 Å². The SMILES string of the molecule is CSc1nc(C)c(CCC(=O)N2CCN(c3ccccc3F)CC2)c(C)n1. The smallest absolute Gasteiger partial charge is 0.223 e. The normalized spacial score (nSPS) is 14.5. The molecule has 7 heteroatoms. The molecule has 0 unspecified atom stereocenters. The van der Waals surface area contributed by atoms with Crippen molar-refractivity contribution >= 4 is 23.4 Å². The van der Waals surface area contributed by atoms with Crippen molar-refractivity contribution in [2.75, 3.05) is 37.3 Å². The van der Waals surface area contributed by atoms with Gasteiger partial charge in [0.25, 0.3) is 0 Å². The molecule has 0 spiro atoms. The zero-order valence-corrected chi connectivity index (χ0v) is 16.9. The molecular formula is C20H25FN4OS. The predicted molar refractivity (Wildman–Crippen MR) is 107 cm³/mol. The summed E-state index contributed by atoms with van der Waals surface area (Å²) in [6.45, 7) is 6.48. The number of para-hydroxylation sites is 1. The minimum atomic E-state index is -0.211. The van der Waals surface area contributed by atoms with Crippen LogP contribution in [0.1, 0.15) is 23.4 Å². The summed E-state index contributed by atoms with van der Waals surface area (Å²) in [5.41, 5.74) is 3.57. The number of aryl methyl sites for hydroxylation is 2. The van der Waals surface area contributed by atoms with Gasteiger partial charge >= 0.3 is 0 Å². The Morgan fingerprint density at radius 1 is 1.11 bits per heavy atom. The molecule has 1 saturated heterocycles. The third-order valence-corrected chi connectivity index (χ3v) is 5.54. The number of carbonyl (C=O) groups is 1. The van der Waals surface area contributed by atoms with Crippen LogP contribution in [0.2, 0.25) is 0 Å². The molecule has 3 rings (SSSR count). The van der Waals surface area contributed by atoms with Crippen LogP contribution in [-0.4, -0.2) is 53.2 Å². The molecule has 144 valence electrons. The topological polar surface area (TPSA) is 49.3 Å². The number of nitrogens with zero attached hydrogens (tertiary/aromatic N) is 4. The molecule has 1 aromatic heterocycles. The number of anilines is 1. The lowest BCUT2D eigenvalue weighted by molar-refractivity contribution is -0.131. The molecule has 0 aliphatic carbocycles. The monoisotopic (exact) mass is 388 g/mol. The summed E-state index contributed by atoms with van der Waals surface area (Å²) in [4.78, 5) is 25.5. The van der Waals surface area contributed by atoms with Crippen molar-refractivity contribution in [3.63, 3.8) is 0 Å². The minimum absolute atomic E-state index is 0.135. The van der Waals surface area contributed by atoms with Gasteiger partial charge in [-0.25, -0.2) is 14.4 Å². The lowest BCUT2D eigenvalue weighted by atomic mass is 10.1. The van der Waals surface area contributed by atoms with E-state index in [9.17, 15) is 9.18 Å². The van der Waals surface area contributed by atoms with Gasteiger partial charge in [-0.3, -0.25) is 4.79 Å². The van der Waals surface area contributed by atoms with Gasteiger partial charge in [0.2, 0.25) is 5.91 Å². The van der Waals surface area contributed by atoms with Crippen molar-refractivity contribution < 1.29 is 9.18 Å². The van der Waals surface area contributed by atoms with Gasteiger partial charge in [0.1, 0.15) is 5.82 Å². The molecule has 1 aliphatic rings. The van der Waals surface area contributed by atoms with Crippen molar-refractivity contribution in [1.82, 2.24) is 14.9 Å². The summed E-state index contributed by atoms with van der Waals surface area (Å²) >= 11 is 1.52. The van der Waals surface area contributed by atoms with E-state index in [0.29, 0.717) is 44.7 Å². The average Bonchev–Trinajstić information content (AvgIpc) is 2.67. The molecule has 1 aliphatic heterocycles. The maximum Gasteiger partial charge on any atom is 0.223 e. The highest BCUT2D eigenvalue weighted by Crippen LogP contribution is 2.21. The number of amides is 1. The Morgan fingerprint density at radius 2 is 1.74 bits per heavy atom. The second kappa shape index (κ2) is 8.69. The Kier molecular flexibility index (Phi) is 6.31. The first-order chi connectivity index (χ1) is 13.0. The largest absolute Gasteiger partial charge is 0.366 e. The van der Waals surface area contributed by atoms with Gasteiger partial charge in [-0.15, -0.1) is 0 Å². The van der Waals surface area contributed by atoms with Crippen LogP contribution in [-0.2, 0) is 11.2 Å². The summed E-state index contributed by atoms with van der Waals surface area (Å²) in [5, 5.41) is 0.768. The van der Waals surface area contributed by atoms with Gasteiger partial charge in [-0.2, -0.15) is 0 Å². The number of piperazine rings is 1. The highest BCUT2D eigenvalue weighted by atomic mass is 32.2. The van der Waals surface area contributed by atoms with Crippen molar-refractivity contribution in [2.45, 2.75) is 31.8 Å². The lowest BCUT2D eigenvalue weighted by Gasteiger charge is -2.36. The summed E-state index contributed by atoms with van der Waals surface area (Å²) < 4.78 is 13.9. The van der Waals surface area contributed by atoms with Crippen LogP contribution >= 0.6 is 11.8 Å². The van der Waals surface area contributed by atoms with E-state index in [4.69, 9.17) is 0 Å². The Balaban J connectivity index is 1.55. The maximum atomic E-state index is 13.9. The first-order valence-corrected chi connectivity index (χ1v) is 10.4. The van der Waals surface area contributed by atoms with E-state index in [-0.39, 0.29) is 11.7 Å². The minimum Gasteiger partial charge on any atom is -0.366 e. The summed E-state index contributed by atoms with van der Waals surface area (Å²) in [6.07, 6.45) is 3.06. The fraction of sp³-hybridized carbons (Fsp3) is 0.450. The molecule has 2 aromatic rings. The van der Waals surface area contributed by atoms with Crippen LogP contribution in [0.25, 0.3) is 0 Å². The number of benzene rings is 1. The Bertz CT molecular complexity index is 798. The van der Waals surface area contributed by atoms with Crippen LogP contribution in [0.4, 0.5) is 10.1 Å². The first kappa shape index (κ1) is 19.6. The van der Waals surface area contributed by atoms with E-state index in [1.807, 2.05) is 36.0 Å². The summed E-state index contributed by atoms with van der Waals surface area (Å²) in [6, 6.07) is 6.79. The van der Waals surface area contributed by atoms with Crippen LogP contribution in [0, 0.1) is 19.7 Å². The molecule has 1 fully saturated rings. The van der Waals surface area contributed by atoms with Gasteiger partial charge in [-0.05, 0) is 44.2 Å². The predicted octanol–water partition coefficient (Wildman–Crippen LogP) is 3.24. The highest BCUT2D eigenvalue weighted by Gasteiger charge is 2.23. The van der Waals surface area contributed by atoms with Gasteiger partial charge in [-0.1, -0.05) is 23.9 Å². The zero-order valence-electron chi connectivity index (χ0n) is 16.0. The third-order valence-electron chi connectivity index (χ3n) is 5.00. The van der Waals surface area contributed by atoms with Crippen molar-refractivity contribution in [3.05, 3.63) is 47.0 Å². The second-order valence-corrected chi connectivity index (χ2v) is 7.45. The number of carbonyl (C=O) groups excluding carboxylic acids is 1. The fourth-order valence-electron chi connectivity index (χ4n) is 3.46. The highest BCUT2D eigenvalue weighted by molar-refractivity contribution is 7.98. The van der Waals surface area contributed by atoms with E-state index in [1.165, 1.54) is 17.8 Å². The number of hydrogen-bond acceptors (Lipinski definition) is 5. The maximum absolute atomic E-state index is 13.9. The van der Waals surface area contributed by atoms with E-state index in [0.717, 1.165) is 22.1 Å². The van der Waals surface area contributed by atoms with Crippen LogP contribution in [0.3, 0.4) is 0 Å². The van der Waals surface area contributed by atoms with Gasteiger partial charge in [0.15, 0.2) is 5.16 Å². The Hall–Kier alpha value is -2.15. The molecule has 2 heterocycles. The van der Waals surface area contributed by atoms with Crippen molar-refractivity contribution in [1.29, 1.82) is 0 Å². The second-order valence-electron chi connectivity index (χ2n) is 6.68. The molecule has 0 N–H and O–H groups in total. The zero-order chi connectivity index (χ0) is 19.4. The average molecular weight is 389 g/mol. The van der Waals surface area contributed by atoms with E-state index >= 15 is 0 Å². The Labute approximate surface area is 164 Å². The fourth-order valence-corrected chi connectivity index (χ4v) is 3.91. The number of hydrogen-bond donors (Lipinski definition) is 0. The lowest BCUT2D eigenvalue weighted by Crippen LogP contribution is -2.49. The standard InChI is InChI=1S/C20H25FN4OS/c1-14-16(15(2)23-20(22-14)27-3)8-9-19(26)25-12-10-24(11-13-25)18-7-5-4-6-17(18)21/h4-7H,8-13H2,1-3H3. The van der Waals surface area contributed by atoms with Crippen molar-refractivity contribution in [3.8, 4) is 0 Å². The molecule has 0 atom stereocenters. The van der Waals surface area contributed by atoms with Gasteiger partial charge in [0.05, 0.1) is 5.69 Å². The quantitative estimate of drug-likeness (QED) is 0.581. The number of halogens is 1. The van der Waals surface area contributed by atoms with E-state index < -0.39 is 0 Å². The molecular weight excluding hydrogens is 363 g/mol. The Morgan fingerprint density at radius 3 is 2.33 bits per heavy atom. The molecule has 1 amide bonds. The number of thioether (sulfide) groups is 1. The van der Waals surface area contributed by atoms with E-state index in [2.05, 4.69) is 9.97 Å². The van der Waals surface area contributed by atoms with Crippen LogP contribution < -0.4 is 4.90 Å². The molecule has 0 bridgehead atoms. The third kappa shape index (κ3) is 4.58. The number of rotatable bonds is 5. The summed E-state index contributed by atoms with van der Waals surface area (Å²) in [5.74, 6) is -0.0761. The molecule has 0 saturated carbocycles.